The van der Waals surface area contributed by atoms with Crippen LogP contribution in [0.3, 0.4) is 0 Å². The van der Waals surface area contributed by atoms with Crippen molar-refractivity contribution >= 4 is 17.3 Å². The van der Waals surface area contributed by atoms with Crippen LogP contribution in [0, 0.1) is 0 Å². The zero-order valence-electron chi connectivity index (χ0n) is 8.87. The topological polar surface area (TPSA) is 6.48 Å². The van der Waals surface area contributed by atoms with E-state index in [0.717, 1.165) is 18.2 Å². The molecule has 1 atom stereocenters. The van der Waals surface area contributed by atoms with Gasteiger partial charge in [-0.15, -0.1) is 0 Å². The van der Waals surface area contributed by atoms with E-state index >= 15 is 0 Å². The number of hydrogen-bond donors (Lipinski definition) is 0. The predicted molar refractivity (Wildman–Crippen MR) is 60.6 cm³/mol. The molecule has 1 unspecified atom stereocenters. The molecule has 1 heterocycles. The Hall–Kier alpha value is -0.570. The lowest BCUT2D eigenvalue weighted by Crippen LogP contribution is -2.49. The minimum absolute atomic E-state index is 0.445. The fourth-order valence-electron chi connectivity index (χ4n) is 1.82. The van der Waals surface area contributed by atoms with Crippen LogP contribution >= 0.6 is 12.2 Å². The third-order valence-corrected chi connectivity index (χ3v) is 2.99. The van der Waals surface area contributed by atoms with Gasteiger partial charge in [0.1, 0.15) is 0 Å². The monoisotopic (exact) mass is 198 g/mol. The maximum Gasteiger partial charge on any atom is 0.176 e. The molecule has 0 aliphatic carbocycles. The highest BCUT2D eigenvalue weighted by Crippen LogP contribution is 2.18. The van der Waals surface area contributed by atoms with Crippen molar-refractivity contribution in [2.75, 3.05) is 13.1 Å². The summed E-state index contributed by atoms with van der Waals surface area (Å²) in [6.07, 6.45) is 2.27. The van der Waals surface area contributed by atoms with Crippen molar-refractivity contribution in [2.24, 2.45) is 0 Å². The molecule has 0 fully saturated rings. The van der Waals surface area contributed by atoms with E-state index in [1.165, 1.54) is 5.70 Å². The molecule has 0 aromatic carbocycles. The molecule has 74 valence electrons. The van der Waals surface area contributed by atoms with E-state index in [2.05, 4.69) is 43.6 Å². The summed E-state index contributed by atoms with van der Waals surface area (Å²) in [6.45, 7) is 10.5. The van der Waals surface area contributed by atoms with Crippen molar-refractivity contribution in [2.45, 2.75) is 33.7 Å². The first-order chi connectivity index (χ1) is 6.11. The van der Waals surface area contributed by atoms with Crippen LogP contribution < -0.4 is 0 Å². The Balaban J connectivity index is 2.92. The summed E-state index contributed by atoms with van der Waals surface area (Å²) in [7, 11) is 0. The van der Waals surface area contributed by atoms with Crippen LogP contribution in [0.5, 0.6) is 0 Å². The third kappa shape index (κ3) is 1.85. The molecule has 13 heavy (non-hydrogen) atoms. The van der Waals surface area contributed by atoms with Gasteiger partial charge < -0.3 is 9.80 Å². The fraction of sp³-hybridized carbons (Fsp3) is 0.700. The lowest BCUT2D eigenvalue weighted by Gasteiger charge is -2.40. The van der Waals surface area contributed by atoms with Crippen molar-refractivity contribution in [1.82, 2.24) is 9.80 Å². The second kappa shape index (κ2) is 4.09. The van der Waals surface area contributed by atoms with Gasteiger partial charge in [-0.1, -0.05) is 0 Å². The number of allylic oxidation sites excluding steroid dienone is 1. The number of hydrogen-bond acceptors (Lipinski definition) is 1. The van der Waals surface area contributed by atoms with Gasteiger partial charge in [0, 0.05) is 24.8 Å². The highest BCUT2D eigenvalue weighted by molar-refractivity contribution is 7.80. The lowest BCUT2D eigenvalue weighted by atomic mass is 10.2. The van der Waals surface area contributed by atoms with Crippen molar-refractivity contribution in [1.29, 1.82) is 0 Å². The van der Waals surface area contributed by atoms with Crippen molar-refractivity contribution in [3.8, 4) is 0 Å². The second-order valence-corrected chi connectivity index (χ2v) is 3.73. The minimum Gasteiger partial charge on any atom is -0.343 e. The quantitative estimate of drug-likeness (QED) is 0.628. The first-order valence-electron chi connectivity index (χ1n) is 4.88. The van der Waals surface area contributed by atoms with Gasteiger partial charge in [0.2, 0.25) is 0 Å². The van der Waals surface area contributed by atoms with Crippen LogP contribution in [-0.2, 0) is 0 Å². The van der Waals surface area contributed by atoms with Crippen LogP contribution in [0.15, 0.2) is 11.8 Å². The van der Waals surface area contributed by atoms with E-state index in [4.69, 9.17) is 12.2 Å². The molecule has 0 spiro atoms. The summed E-state index contributed by atoms with van der Waals surface area (Å²) < 4.78 is 0. The molecule has 0 bridgehead atoms. The van der Waals surface area contributed by atoms with Crippen LogP contribution in [0.2, 0.25) is 0 Å². The maximum atomic E-state index is 5.41. The molecule has 0 aromatic rings. The summed E-state index contributed by atoms with van der Waals surface area (Å²) in [5, 5.41) is 0.970. The molecule has 0 radical (unpaired) electrons. The molecular weight excluding hydrogens is 180 g/mol. The summed E-state index contributed by atoms with van der Waals surface area (Å²) in [5.41, 5.74) is 1.28. The van der Waals surface area contributed by atoms with Gasteiger partial charge >= 0.3 is 0 Å². The van der Waals surface area contributed by atoms with Gasteiger partial charge in [0.05, 0.1) is 0 Å². The highest BCUT2D eigenvalue weighted by atomic mass is 32.1. The fourth-order valence-corrected chi connectivity index (χ4v) is 2.39. The molecule has 0 N–H and O–H groups in total. The highest BCUT2D eigenvalue weighted by Gasteiger charge is 2.24. The van der Waals surface area contributed by atoms with Crippen molar-refractivity contribution in [3.63, 3.8) is 0 Å². The molecule has 1 aliphatic rings. The number of thiocarbonyl (C=S) groups is 1. The van der Waals surface area contributed by atoms with Crippen LogP contribution in [0.1, 0.15) is 27.7 Å². The average molecular weight is 198 g/mol. The molecule has 2 nitrogen and oxygen atoms in total. The van der Waals surface area contributed by atoms with E-state index in [1.54, 1.807) is 0 Å². The first-order valence-corrected chi connectivity index (χ1v) is 5.29. The summed E-state index contributed by atoms with van der Waals surface area (Å²) in [4.78, 5) is 4.42. The third-order valence-electron chi connectivity index (χ3n) is 2.53. The van der Waals surface area contributed by atoms with Gasteiger partial charge in [-0.3, -0.25) is 0 Å². The van der Waals surface area contributed by atoms with Gasteiger partial charge in [-0.25, -0.2) is 0 Å². The first kappa shape index (κ1) is 10.5. The number of likely N-dealkylation sites (N-methyl/N-ethyl adjacent to an activating group) is 1. The molecule has 0 aromatic heterocycles. The standard InChI is InChI=1S/C10H18N2S/c1-5-11-8(3)7-9(4)12(6-2)10(11)13/h7-8H,5-6H2,1-4H3. The Morgan fingerprint density at radius 1 is 1.38 bits per heavy atom. The summed E-state index contributed by atoms with van der Waals surface area (Å²) >= 11 is 5.41. The van der Waals surface area contributed by atoms with Gasteiger partial charge in [0.15, 0.2) is 5.11 Å². The summed E-state index contributed by atoms with van der Waals surface area (Å²) in [5.74, 6) is 0. The molecule has 0 saturated carbocycles. The second-order valence-electron chi connectivity index (χ2n) is 3.36. The Morgan fingerprint density at radius 3 is 2.46 bits per heavy atom. The Labute approximate surface area is 86.2 Å². The van der Waals surface area contributed by atoms with E-state index in [9.17, 15) is 0 Å². The number of rotatable bonds is 2. The van der Waals surface area contributed by atoms with Crippen molar-refractivity contribution in [3.05, 3.63) is 11.8 Å². The van der Waals surface area contributed by atoms with Gasteiger partial charge in [0.25, 0.3) is 0 Å². The molecule has 3 heteroatoms. The van der Waals surface area contributed by atoms with E-state index in [-0.39, 0.29) is 0 Å². The number of nitrogens with zero attached hydrogens (tertiary/aromatic N) is 2. The smallest absolute Gasteiger partial charge is 0.176 e. The van der Waals surface area contributed by atoms with Gasteiger partial charge in [-0.2, -0.15) is 0 Å². The lowest BCUT2D eigenvalue weighted by molar-refractivity contribution is 0.321. The van der Waals surface area contributed by atoms with Crippen molar-refractivity contribution < 1.29 is 0 Å². The SMILES string of the molecule is CCN1C(=S)N(CC)C(C)C=C1C. The summed E-state index contributed by atoms with van der Waals surface area (Å²) in [6, 6.07) is 0.445. The molecule has 1 aliphatic heterocycles. The van der Waals surface area contributed by atoms with E-state index < -0.39 is 0 Å². The largest absolute Gasteiger partial charge is 0.343 e. The van der Waals surface area contributed by atoms with Crippen LogP contribution in [-0.4, -0.2) is 34.0 Å². The van der Waals surface area contributed by atoms with Crippen LogP contribution in [0.25, 0.3) is 0 Å². The zero-order chi connectivity index (χ0) is 10.0. The average Bonchev–Trinajstić information content (AvgIpc) is 2.04. The Kier molecular flexibility index (Phi) is 3.31. The Morgan fingerprint density at radius 2 is 2.00 bits per heavy atom. The van der Waals surface area contributed by atoms with Crippen LogP contribution in [0.4, 0.5) is 0 Å². The van der Waals surface area contributed by atoms with E-state index in [1.807, 2.05) is 0 Å². The van der Waals surface area contributed by atoms with E-state index in [0.29, 0.717) is 6.04 Å². The maximum absolute atomic E-state index is 5.41. The molecule has 1 rings (SSSR count). The van der Waals surface area contributed by atoms with Gasteiger partial charge in [-0.05, 0) is 46.0 Å². The molecular formula is C10H18N2S. The normalized spacial score (nSPS) is 23.5. The Bertz CT molecular complexity index is 235. The molecule has 0 amide bonds. The zero-order valence-corrected chi connectivity index (χ0v) is 9.69. The minimum atomic E-state index is 0.445. The molecule has 0 saturated heterocycles. The predicted octanol–water partition coefficient (Wildman–Crippen LogP) is 2.22.